The summed E-state index contributed by atoms with van der Waals surface area (Å²) in [7, 11) is 0. The van der Waals surface area contributed by atoms with Crippen molar-refractivity contribution in [2.24, 2.45) is 0 Å². The van der Waals surface area contributed by atoms with Crippen LogP contribution in [0.1, 0.15) is 35.3 Å². The number of hydrogen-bond acceptors (Lipinski definition) is 4. The fourth-order valence-electron chi connectivity index (χ4n) is 2.52. The first kappa shape index (κ1) is 14.1. The Balaban J connectivity index is 1.62. The number of hydrogen-bond donors (Lipinski definition) is 2. The smallest absolute Gasteiger partial charge is 0.243 e. The molecule has 0 spiro atoms. The third kappa shape index (κ3) is 2.93. The quantitative estimate of drug-likeness (QED) is 0.913. The molecule has 1 aliphatic rings. The Kier molecular flexibility index (Phi) is 3.92. The Hall–Kier alpha value is -1.88. The molecule has 2 heterocycles. The van der Waals surface area contributed by atoms with Gasteiger partial charge in [0.05, 0.1) is 6.04 Å². The number of aromatic nitrogens is 1. The number of aryl methyl sites for hydroxylation is 1. The molecule has 0 aliphatic carbocycles. The summed E-state index contributed by atoms with van der Waals surface area (Å²) in [6.45, 7) is 4.10. The van der Waals surface area contributed by atoms with Gasteiger partial charge in [0.1, 0.15) is 11.0 Å². The first-order chi connectivity index (χ1) is 10.2. The van der Waals surface area contributed by atoms with E-state index in [1.54, 1.807) is 11.3 Å². The van der Waals surface area contributed by atoms with Crippen molar-refractivity contribution in [2.75, 3.05) is 5.32 Å². The topological polar surface area (TPSA) is 54.0 Å². The van der Waals surface area contributed by atoms with E-state index in [9.17, 15) is 4.79 Å². The van der Waals surface area contributed by atoms with Crippen molar-refractivity contribution in [1.82, 2.24) is 10.3 Å². The average Bonchev–Trinajstić information content (AvgIpc) is 3.13. The minimum Gasteiger partial charge on any atom is -0.373 e. The SMILES string of the molecule is CCc1cnc(C(C)NC(=O)C2Cc3ccccc3N2)s1. The lowest BCUT2D eigenvalue weighted by atomic mass is 10.1. The van der Waals surface area contributed by atoms with Crippen LogP contribution in [0, 0.1) is 0 Å². The van der Waals surface area contributed by atoms with Gasteiger partial charge in [-0.25, -0.2) is 4.98 Å². The van der Waals surface area contributed by atoms with Crippen molar-refractivity contribution in [3.63, 3.8) is 0 Å². The van der Waals surface area contributed by atoms with Crippen molar-refractivity contribution in [3.05, 3.63) is 45.9 Å². The summed E-state index contributed by atoms with van der Waals surface area (Å²) in [5, 5.41) is 7.30. The van der Waals surface area contributed by atoms with Gasteiger partial charge in [0.25, 0.3) is 0 Å². The molecule has 0 saturated heterocycles. The predicted octanol–water partition coefficient (Wildman–Crippen LogP) is 2.92. The average molecular weight is 301 g/mol. The van der Waals surface area contributed by atoms with Crippen LogP contribution < -0.4 is 10.6 Å². The Morgan fingerprint density at radius 3 is 3.05 bits per heavy atom. The summed E-state index contributed by atoms with van der Waals surface area (Å²) in [5.41, 5.74) is 2.26. The Bertz CT molecular complexity index is 627. The number of carbonyl (C=O) groups excluding carboxylic acids is 1. The molecule has 2 atom stereocenters. The molecule has 1 aromatic carbocycles. The third-order valence-electron chi connectivity index (χ3n) is 3.74. The fraction of sp³-hybridized carbons (Fsp3) is 0.375. The molecule has 0 radical (unpaired) electrons. The second-order valence-corrected chi connectivity index (χ2v) is 6.45. The van der Waals surface area contributed by atoms with Gasteiger partial charge in [-0.1, -0.05) is 25.1 Å². The van der Waals surface area contributed by atoms with E-state index < -0.39 is 0 Å². The van der Waals surface area contributed by atoms with E-state index in [0.29, 0.717) is 0 Å². The first-order valence-electron chi connectivity index (χ1n) is 7.26. The second kappa shape index (κ2) is 5.85. The molecule has 0 fully saturated rings. The number of thiazole rings is 1. The van der Waals surface area contributed by atoms with Gasteiger partial charge in [-0.05, 0) is 25.0 Å². The molecule has 1 aromatic heterocycles. The summed E-state index contributed by atoms with van der Waals surface area (Å²) < 4.78 is 0. The molecule has 3 rings (SSSR count). The summed E-state index contributed by atoms with van der Waals surface area (Å²) in [5.74, 6) is 0.0342. The number of benzene rings is 1. The zero-order chi connectivity index (χ0) is 14.8. The van der Waals surface area contributed by atoms with Gasteiger partial charge in [-0.3, -0.25) is 4.79 Å². The van der Waals surface area contributed by atoms with Gasteiger partial charge >= 0.3 is 0 Å². The summed E-state index contributed by atoms with van der Waals surface area (Å²) in [6.07, 6.45) is 3.62. The third-order valence-corrected chi connectivity index (χ3v) is 5.06. The van der Waals surface area contributed by atoms with Crippen LogP contribution in [-0.4, -0.2) is 16.9 Å². The second-order valence-electron chi connectivity index (χ2n) is 5.31. The Morgan fingerprint density at radius 2 is 2.33 bits per heavy atom. The van der Waals surface area contributed by atoms with Gasteiger partial charge in [-0.2, -0.15) is 0 Å². The molecule has 110 valence electrons. The highest BCUT2D eigenvalue weighted by atomic mass is 32.1. The van der Waals surface area contributed by atoms with Gasteiger partial charge in [0.15, 0.2) is 0 Å². The van der Waals surface area contributed by atoms with E-state index in [1.165, 1.54) is 10.4 Å². The van der Waals surface area contributed by atoms with Crippen molar-refractivity contribution in [2.45, 2.75) is 38.8 Å². The highest BCUT2D eigenvalue weighted by Crippen LogP contribution is 2.26. The van der Waals surface area contributed by atoms with Crippen molar-refractivity contribution >= 4 is 22.9 Å². The van der Waals surface area contributed by atoms with Gasteiger partial charge in [0, 0.05) is 23.2 Å². The van der Waals surface area contributed by atoms with Crippen LogP contribution in [0.15, 0.2) is 30.5 Å². The standard InChI is InChI=1S/C16H19N3OS/c1-3-12-9-17-16(21-12)10(2)18-15(20)14-8-11-6-4-5-7-13(11)19-14/h4-7,9-10,14,19H,3,8H2,1-2H3,(H,18,20). The van der Waals surface area contributed by atoms with Crippen molar-refractivity contribution < 1.29 is 4.79 Å². The van der Waals surface area contributed by atoms with Crippen LogP contribution in [0.3, 0.4) is 0 Å². The van der Waals surface area contributed by atoms with Crippen molar-refractivity contribution in [3.8, 4) is 0 Å². The van der Waals surface area contributed by atoms with Crippen LogP contribution >= 0.6 is 11.3 Å². The number of fused-ring (bicyclic) bond motifs is 1. The number of nitrogens with zero attached hydrogens (tertiary/aromatic N) is 1. The molecular weight excluding hydrogens is 282 g/mol. The monoisotopic (exact) mass is 301 g/mol. The predicted molar refractivity (Wildman–Crippen MR) is 85.6 cm³/mol. The van der Waals surface area contributed by atoms with Gasteiger partial charge in [-0.15, -0.1) is 11.3 Å². The van der Waals surface area contributed by atoms with E-state index in [4.69, 9.17) is 0 Å². The largest absolute Gasteiger partial charge is 0.373 e. The maximum absolute atomic E-state index is 12.4. The number of rotatable bonds is 4. The lowest BCUT2D eigenvalue weighted by molar-refractivity contribution is -0.122. The number of nitrogens with one attached hydrogen (secondary N) is 2. The zero-order valence-corrected chi connectivity index (χ0v) is 13.0. The maximum Gasteiger partial charge on any atom is 0.243 e. The number of carbonyl (C=O) groups is 1. The molecule has 5 heteroatoms. The number of para-hydroxylation sites is 1. The van der Waals surface area contributed by atoms with Crippen LogP contribution in [0.25, 0.3) is 0 Å². The van der Waals surface area contributed by atoms with E-state index in [1.807, 2.05) is 31.3 Å². The Labute approximate surface area is 128 Å². The first-order valence-corrected chi connectivity index (χ1v) is 8.08. The molecule has 0 bridgehead atoms. The zero-order valence-electron chi connectivity index (χ0n) is 12.2. The lowest BCUT2D eigenvalue weighted by Crippen LogP contribution is -2.39. The Morgan fingerprint density at radius 1 is 1.52 bits per heavy atom. The summed E-state index contributed by atoms with van der Waals surface area (Å²) >= 11 is 1.67. The highest BCUT2D eigenvalue weighted by Gasteiger charge is 2.27. The molecule has 1 aliphatic heterocycles. The van der Waals surface area contributed by atoms with Crippen LogP contribution in [0.5, 0.6) is 0 Å². The van der Waals surface area contributed by atoms with E-state index in [2.05, 4.69) is 28.6 Å². The van der Waals surface area contributed by atoms with Gasteiger partial charge < -0.3 is 10.6 Å². The maximum atomic E-state index is 12.4. The normalized spacial score (nSPS) is 17.9. The molecule has 0 saturated carbocycles. The molecule has 2 aromatic rings. The molecule has 21 heavy (non-hydrogen) atoms. The molecule has 1 amide bonds. The molecule has 2 unspecified atom stereocenters. The fourth-order valence-corrected chi connectivity index (χ4v) is 3.38. The van der Waals surface area contributed by atoms with Crippen LogP contribution in [-0.2, 0) is 17.6 Å². The number of amides is 1. The molecule has 2 N–H and O–H groups in total. The molecule has 4 nitrogen and oxygen atoms in total. The van der Waals surface area contributed by atoms with Gasteiger partial charge in [0.2, 0.25) is 5.91 Å². The van der Waals surface area contributed by atoms with E-state index >= 15 is 0 Å². The van der Waals surface area contributed by atoms with Crippen molar-refractivity contribution in [1.29, 1.82) is 0 Å². The summed E-state index contributed by atoms with van der Waals surface area (Å²) in [4.78, 5) is 18.0. The van der Waals surface area contributed by atoms with E-state index in [-0.39, 0.29) is 18.0 Å². The van der Waals surface area contributed by atoms with Crippen LogP contribution in [0.4, 0.5) is 5.69 Å². The number of anilines is 1. The highest BCUT2D eigenvalue weighted by molar-refractivity contribution is 7.11. The summed E-state index contributed by atoms with van der Waals surface area (Å²) in [6, 6.07) is 7.83. The van der Waals surface area contributed by atoms with Crippen LogP contribution in [0.2, 0.25) is 0 Å². The molecular formula is C16H19N3OS. The minimum absolute atomic E-state index is 0.0342. The van der Waals surface area contributed by atoms with E-state index in [0.717, 1.165) is 23.5 Å². The lowest BCUT2D eigenvalue weighted by Gasteiger charge is -2.16. The minimum atomic E-state index is -0.185.